The van der Waals surface area contributed by atoms with Crippen molar-refractivity contribution in [3.63, 3.8) is 0 Å². The summed E-state index contributed by atoms with van der Waals surface area (Å²) in [6.45, 7) is 6.29. The summed E-state index contributed by atoms with van der Waals surface area (Å²) in [5.74, 6) is 0.628. The van der Waals surface area contributed by atoms with E-state index in [0.717, 1.165) is 13.2 Å². The molecule has 2 nitrogen and oxygen atoms in total. The van der Waals surface area contributed by atoms with Crippen molar-refractivity contribution in [3.05, 3.63) is 22.4 Å². The topological polar surface area (TPSA) is 21.3 Å². The van der Waals surface area contributed by atoms with Crippen LogP contribution in [0.4, 0.5) is 0 Å². The molecule has 84 valence electrons. The van der Waals surface area contributed by atoms with Crippen LogP contribution in [0.2, 0.25) is 0 Å². The molecule has 1 saturated heterocycles. The van der Waals surface area contributed by atoms with Crippen molar-refractivity contribution in [1.82, 2.24) is 5.32 Å². The Hall–Kier alpha value is -0.380. The summed E-state index contributed by atoms with van der Waals surface area (Å²) in [5.41, 5.74) is 0. The highest BCUT2D eigenvalue weighted by molar-refractivity contribution is 7.10. The zero-order chi connectivity index (χ0) is 10.7. The number of hydrogen-bond acceptors (Lipinski definition) is 3. The maximum Gasteiger partial charge on any atom is 0.0594 e. The van der Waals surface area contributed by atoms with Gasteiger partial charge in [0.05, 0.1) is 6.10 Å². The lowest BCUT2D eigenvalue weighted by Crippen LogP contribution is -2.31. The van der Waals surface area contributed by atoms with E-state index in [4.69, 9.17) is 4.74 Å². The van der Waals surface area contributed by atoms with E-state index in [1.807, 2.05) is 11.3 Å². The van der Waals surface area contributed by atoms with Gasteiger partial charge in [-0.05, 0) is 31.3 Å². The Kier molecular flexibility index (Phi) is 3.78. The summed E-state index contributed by atoms with van der Waals surface area (Å²) < 4.78 is 5.66. The zero-order valence-corrected chi connectivity index (χ0v) is 10.2. The molecule has 0 saturated carbocycles. The van der Waals surface area contributed by atoms with Crippen LogP contribution in [0.3, 0.4) is 0 Å². The number of rotatable bonds is 4. The molecular weight excluding hydrogens is 206 g/mol. The van der Waals surface area contributed by atoms with Gasteiger partial charge in [0.25, 0.3) is 0 Å². The molecule has 3 atom stereocenters. The Morgan fingerprint density at radius 3 is 3.07 bits per heavy atom. The molecule has 0 radical (unpaired) electrons. The van der Waals surface area contributed by atoms with E-state index in [-0.39, 0.29) is 0 Å². The largest absolute Gasteiger partial charge is 0.378 e. The minimum absolute atomic E-state index is 0.385. The van der Waals surface area contributed by atoms with Crippen LogP contribution in [-0.4, -0.2) is 19.3 Å². The van der Waals surface area contributed by atoms with E-state index in [1.54, 1.807) is 0 Å². The summed E-state index contributed by atoms with van der Waals surface area (Å²) in [7, 11) is 0. The maximum absolute atomic E-state index is 5.66. The van der Waals surface area contributed by atoms with E-state index < -0.39 is 0 Å². The zero-order valence-electron chi connectivity index (χ0n) is 9.40. The summed E-state index contributed by atoms with van der Waals surface area (Å²) >= 11 is 1.84. The second-order valence-electron chi connectivity index (χ2n) is 4.08. The van der Waals surface area contributed by atoms with Crippen molar-refractivity contribution in [2.75, 3.05) is 13.2 Å². The van der Waals surface area contributed by atoms with Gasteiger partial charge in [0.1, 0.15) is 0 Å². The van der Waals surface area contributed by atoms with Gasteiger partial charge in [0.2, 0.25) is 0 Å². The summed E-state index contributed by atoms with van der Waals surface area (Å²) in [4.78, 5) is 1.44. The first kappa shape index (κ1) is 11.1. The third kappa shape index (κ3) is 2.41. The Balaban J connectivity index is 2.12. The molecule has 2 rings (SSSR count). The lowest BCUT2D eigenvalue weighted by molar-refractivity contribution is 0.0960. The third-order valence-corrected chi connectivity index (χ3v) is 4.09. The van der Waals surface area contributed by atoms with E-state index in [2.05, 4.69) is 36.7 Å². The highest BCUT2D eigenvalue weighted by Crippen LogP contribution is 2.34. The predicted molar refractivity (Wildman–Crippen MR) is 64.3 cm³/mol. The lowest BCUT2D eigenvalue weighted by atomic mass is 9.92. The van der Waals surface area contributed by atoms with E-state index in [1.165, 1.54) is 11.3 Å². The lowest BCUT2D eigenvalue weighted by Gasteiger charge is -2.25. The molecule has 1 aliphatic heterocycles. The van der Waals surface area contributed by atoms with Crippen molar-refractivity contribution in [2.45, 2.75) is 32.4 Å². The first-order valence-corrected chi connectivity index (χ1v) is 6.59. The Labute approximate surface area is 95.6 Å². The molecule has 3 heteroatoms. The standard InChI is InChI=1S/C12H19NOS/c1-3-13-12(11-5-4-8-15-11)10-6-7-14-9(10)2/h4-5,8-10,12-13H,3,6-7H2,1-2H3. The molecule has 1 aromatic rings. The third-order valence-electron chi connectivity index (χ3n) is 3.14. The van der Waals surface area contributed by atoms with Crippen LogP contribution in [0.1, 0.15) is 31.2 Å². The SMILES string of the molecule is CCNC(c1cccs1)C1CCOC1C. The monoisotopic (exact) mass is 225 g/mol. The summed E-state index contributed by atoms with van der Waals surface area (Å²) in [6.07, 6.45) is 1.56. The van der Waals surface area contributed by atoms with Gasteiger partial charge < -0.3 is 10.1 Å². The van der Waals surface area contributed by atoms with Crippen molar-refractivity contribution in [3.8, 4) is 0 Å². The van der Waals surface area contributed by atoms with Crippen LogP contribution in [0.5, 0.6) is 0 Å². The molecule has 0 spiro atoms. The van der Waals surface area contributed by atoms with Gasteiger partial charge in [-0.1, -0.05) is 13.0 Å². The minimum atomic E-state index is 0.385. The van der Waals surface area contributed by atoms with Crippen LogP contribution in [0.25, 0.3) is 0 Å². The van der Waals surface area contributed by atoms with Crippen LogP contribution >= 0.6 is 11.3 Å². The van der Waals surface area contributed by atoms with E-state index >= 15 is 0 Å². The van der Waals surface area contributed by atoms with Gasteiger partial charge in [0.15, 0.2) is 0 Å². The second kappa shape index (κ2) is 5.10. The molecule has 1 aromatic heterocycles. The van der Waals surface area contributed by atoms with Crippen LogP contribution in [0, 0.1) is 5.92 Å². The number of nitrogens with one attached hydrogen (secondary N) is 1. The molecular formula is C12H19NOS. The molecule has 1 aliphatic rings. The van der Waals surface area contributed by atoms with Crippen molar-refractivity contribution >= 4 is 11.3 Å². The van der Waals surface area contributed by atoms with Gasteiger partial charge in [-0.3, -0.25) is 0 Å². The molecule has 0 aromatic carbocycles. The van der Waals surface area contributed by atoms with Gasteiger partial charge in [-0.2, -0.15) is 0 Å². The fourth-order valence-corrected chi connectivity index (χ4v) is 3.21. The fourth-order valence-electron chi connectivity index (χ4n) is 2.34. The fraction of sp³-hybridized carbons (Fsp3) is 0.667. The molecule has 0 aliphatic carbocycles. The number of hydrogen-bond donors (Lipinski definition) is 1. The van der Waals surface area contributed by atoms with E-state index in [9.17, 15) is 0 Å². The Bertz CT molecular complexity index is 286. The summed E-state index contributed by atoms with van der Waals surface area (Å²) in [6, 6.07) is 4.83. The number of thiophene rings is 1. The normalized spacial score (nSPS) is 28.1. The molecule has 1 N–H and O–H groups in total. The first-order chi connectivity index (χ1) is 7.33. The number of ether oxygens (including phenoxy) is 1. The highest BCUT2D eigenvalue weighted by atomic mass is 32.1. The molecule has 15 heavy (non-hydrogen) atoms. The molecule has 3 unspecified atom stereocenters. The van der Waals surface area contributed by atoms with Crippen LogP contribution < -0.4 is 5.32 Å². The van der Waals surface area contributed by atoms with E-state index in [0.29, 0.717) is 18.1 Å². The molecule has 1 fully saturated rings. The summed E-state index contributed by atoms with van der Waals surface area (Å²) in [5, 5.41) is 5.74. The van der Waals surface area contributed by atoms with Gasteiger partial charge in [-0.15, -0.1) is 11.3 Å². The maximum atomic E-state index is 5.66. The predicted octanol–water partition coefficient (Wildman–Crippen LogP) is 2.82. The average molecular weight is 225 g/mol. The second-order valence-corrected chi connectivity index (χ2v) is 5.06. The molecule has 2 heterocycles. The van der Waals surface area contributed by atoms with Gasteiger partial charge in [0, 0.05) is 23.4 Å². The first-order valence-electron chi connectivity index (χ1n) is 5.71. The van der Waals surface area contributed by atoms with Crippen molar-refractivity contribution in [1.29, 1.82) is 0 Å². The minimum Gasteiger partial charge on any atom is -0.378 e. The molecule has 0 bridgehead atoms. The van der Waals surface area contributed by atoms with Crippen LogP contribution in [-0.2, 0) is 4.74 Å². The molecule has 0 amide bonds. The Morgan fingerprint density at radius 1 is 1.67 bits per heavy atom. The van der Waals surface area contributed by atoms with Crippen molar-refractivity contribution < 1.29 is 4.74 Å². The smallest absolute Gasteiger partial charge is 0.0594 e. The Morgan fingerprint density at radius 2 is 2.53 bits per heavy atom. The van der Waals surface area contributed by atoms with Gasteiger partial charge in [-0.25, -0.2) is 0 Å². The van der Waals surface area contributed by atoms with Gasteiger partial charge >= 0.3 is 0 Å². The quantitative estimate of drug-likeness (QED) is 0.851. The van der Waals surface area contributed by atoms with Crippen LogP contribution in [0.15, 0.2) is 17.5 Å². The average Bonchev–Trinajstić information content (AvgIpc) is 2.85. The van der Waals surface area contributed by atoms with Crippen molar-refractivity contribution in [2.24, 2.45) is 5.92 Å². The highest BCUT2D eigenvalue weighted by Gasteiger charge is 2.32.